The lowest BCUT2D eigenvalue weighted by atomic mass is 9.67. The second kappa shape index (κ2) is 13.2. The van der Waals surface area contributed by atoms with Gasteiger partial charge in [0.1, 0.15) is 0 Å². The molecule has 11 rings (SSSR count). The summed E-state index contributed by atoms with van der Waals surface area (Å²) in [6, 6.07) is 75.1. The summed E-state index contributed by atoms with van der Waals surface area (Å²) in [5.74, 6) is 0.706. The number of aromatic nitrogens is 2. The van der Waals surface area contributed by atoms with Crippen LogP contribution in [0.1, 0.15) is 47.2 Å². The number of rotatable bonds is 6. The molecule has 1 heterocycles. The Morgan fingerprint density at radius 1 is 0.310 bits per heavy atom. The van der Waals surface area contributed by atoms with Crippen molar-refractivity contribution in [2.75, 3.05) is 0 Å². The summed E-state index contributed by atoms with van der Waals surface area (Å²) in [6.07, 6.45) is 0. The third-order valence-corrected chi connectivity index (χ3v) is 12.6. The van der Waals surface area contributed by atoms with E-state index in [-0.39, 0.29) is 5.41 Å². The minimum absolute atomic E-state index is 0.150. The summed E-state index contributed by atoms with van der Waals surface area (Å²) < 4.78 is 0. The second-order valence-electron chi connectivity index (χ2n) is 16.1. The average molecular weight is 741 g/mol. The van der Waals surface area contributed by atoms with Gasteiger partial charge in [-0.05, 0) is 91.0 Å². The van der Waals surface area contributed by atoms with Crippen LogP contribution in [0.5, 0.6) is 0 Å². The predicted molar refractivity (Wildman–Crippen MR) is 239 cm³/mol. The van der Waals surface area contributed by atoms with Crippen molar-refractivity contribution in [3.05, 3.63) is 240 Å². The number of hydrogen-bond donors (Lipinski definition) is 0. The summed E-state index contributed by atoms with van der Waals surface area (Å²) in [7, 11) is 0. The molecular weight excluding hydrogens is 701 g/mol. The molecule has 58 heavy (non-hydrogen) atoms. The van der Waals surface area contributed by atoms with Crippen molar-refractivity contribution in [1.29, 1.82) is 0 Å². The molecule has 2 heteroatoms. The van der Waals surface area contributed by atoms with Gasteiger partial charge in [0.15, 0.2) is 5.82 Å². The highest BCUT2D eigenvalue weighted by atomic mass is 14.9. The van der Waals surface area contributed by atoms with Gasteiger partial charge in [-0.15, -0.1) is 0 Å². The largest absolute Gasteiger partial charge is 0.228 e. The van der Waals surface area contributed by atoms with Gasteiger partial charge >= 0.3 is 0 Å². The van der Waals surface area contributed by atoms with Crippen LogP contribution in [0.25, 0.3) is 67.3 Å². The van der Waals surface area contributed by atoms with Crippen LogP contribution in [0.3, 0.4) is 0 Å². The lowest BCUT2D eigenvalue weighted by molar-refractivity contribution is 0.660. The molecule has 2 aliphatic rings. The van der Waals surface area contributed by atoms with Crippen LogP contribution in [-0.2, 0) is 10.8 Å². The van der Waals surface area contributed by atoms with Gasteiger partial charge in [-0.3, -0.25) is 0 Å². The van der Waals surface area contributed by atoms with E-state index in [1.54, 1.807) is 0 Å². The van der Waals surface area contributed by atoms with E-state index in [0.717, 1.165) is 33.6 Å². The molecule has 1 aromatic heterocycles. The van der Waals surface area contributed by atoms with Gasteiger partial charge in [0, 0.05) is 22.1 Å². The van der Waals surface area contributed by atoms with Crippen molar-refractivity contribution in [3.8, 4) is 67.3 Å². The summed E-state index contributed by atoms with van der Waals surface area (Å²) >= 11 is 0. The zero-order valence-corrected chi connectivity index (χ0v) is 32.5. The highest BCUT2D eigenvalue weighted by Crippen LogP contribution is 2.58. The lowest BCUT2D eigenvalue weighted by Crippen LogP contribution is -2.28. The van der Waals surface area contributed by atoms with Gasteiger partial charge in [0.25, 0.3) is 0 Å². The SMILES string of the molecule is CC1(C)c2ccccc2-c2ccc(-c3cc4c(cc3-c3cc(-c5ccccc5)nc(-c5ccccc5)n3)-c3ccccc3C4(c3ccccc3)c3ccccc3)cc21. The maximum Gasteiger partial charge on any atom is 0.160 e. The van der Waals surface area contributed by atoms with Gasteiger partial charge < -0.3 is 0 Å². The molecular formula is C56H40N2. The van der Waals surface area contributed by atoms with E-state index in [2.05, 4.69) is 214 Å². The molecule has 0 N–H and O–H groups in total. The number of benzene rings is 8. The van der Waals surface area contributed by atoms with Gasteiger partial charge in [-0.1, -0.05) is 196 Å². The number of nitrogens with zero attached hydrogens (tertiary/aromatic N) is 2. The molecule has 0 fully saturated rings. The van der Waals surface area contributed by atoms with Gasteiger partial charge in [0.2, 0.25) is 0 Å². The highest BCUT2D eigenvalue weighted by molar-refractivity contribution is 5.96. The Kier molecular flexibility index (Phi) is 7.78. The van der Waals surface area contributed by atoms with Crippen molar-refractivity contribution < 1.29 is 0 Å². The number of hydrogen-bond acceptors (Lipinski definition) is 2. The average Bonchev–Trinajstić information content (AvgIpc) is 3.72. The minimum Gasteiger partial charge on any atom is -0.228 e. The first-order chi connectivity index (χ1) is 28.5. The molecule has 0 spiro atoms. The molecule has 0 aliphatic heterocycles. The molecule has 274 valence electrons. The normalized spacial score (nSPS) is 14.0. The summed E-state index contributed by atoms with van der Waals surface area (Å²) in [4.78, 5) is 10.6. The van der Waals surface area contributed by atoms with E-state index in [1.807, 2.05) is 6.07 Å². The predicted octanol–water partition coefficient (Wildman–Crippen LogP) is 13.8. The molecule has 0 radical (unpaired) electrons. The monoisotopic (exact) mass is 740 g/mol. The maximum absolute atomic E-state index is 5.44. The van der Waals surface area contributed by atoms with Gasteiger partial charge in [-0.2, -0.15) is 0 Å². The Hall–Kier alpha value is -7.16. The van der Waals surface area contributed by atoms with Crippen LogP contribution >= 0.6 is 0 Å². The zero-order valence-electron chi connectivity index (χ0n) is 32.5. The fourth-order valence-electron chi connectivity index (χ4n) is 9.87. The van der Waals surface area contributed by atoms with Crippen molar-refractivity contribution in [3.63, 3.8) is 0 Å². The van der Waals surface area contributed by atoms with Gasteiger partial charge in [0.05, 0.1) is 16.8 Å². The van der Waals surface area contributed by atoms with E-state index in [4.69, 9.17) is 9.97 Å². The van der Waals surface area contributed by atoms with E-state index in [1.165, 1.54) is 61.2 Å². The molecule has 0 saturated heterocycles. The zero-order chi connectivity index (χ0) is 38.8. The summed E-state index contributed by atoms with van der Waals surface area (Å²) in [5, 5.41) is 0. The molecule has 0 atom stereocenters. The van der Waals surface area contributed by atoms with E-state index in [9.17, 15) is 0 Å². The van der Waals surface area contributed by atoms with Crippen LogP contribution in [0.15, 0.2) is 206 Å². The molecule has 0 saturated carbocycles. The van der Waals surface area contributed by atoms with Crippen molar-refractivity contribution in [1.82, 2.24) is 9.97 Å². The molecule has 2 nitrogen and oxygen atoms in total. The molecule has 0 bridgehead atoms. The molecule has 0 amide bonds. The first kappa shape index (κ1) is 34.1. The van der Waals surface area contributed by atoms with Crippen molar-refractivity contribution in [2.24, 2.45) is 0 Å². The van der Waals surface area contributed by atoms with Crippen LogP contribution < -0.4 is 0 Å². The Morgan fingerprint density at radius 2 is 0.828 bits per heavy atom. The Morgan fingerprint density at radius 3 is 1.48 bits per heavy atom. The molecule has 9 aromatic rings. The van der Waals surface area contributed by atoms with Crippen LogP contribution in [0.2, 0.25) is 0 Å². The third-order valence-electron chi connectivity index (χ3n) is 12.6. The smallest absolute Gasteiger partial charge is 0.160 e. The van der Waals surface area contributed by atoms with Crippen LogP contribution in [0.4, 0.5) is 0 Å². The van der Waals surface area contributed by atoms with E-state index < -0.39 is 5.41 Å². The Balaban J connectivity index is 1.25. The molecule has 2 aliphatic carbocycles. The number of fused-ring (bicyclic) bond motifs is 6. The maximum atomic E-state index is 5.44. The minimum atomic E-state index is -0.538. The van der Waals surface area contributed by atoms with Crippen LogP contribution in [-0.4, -0.2) is 9.97 Å². The third kappa shape index (κ3) is 5.11. The summed E-state index contributed by atoms with van der Waals surface area (Å²) in [5.41, 5.74) is 19.4. The highest BCUT2D eigenvalue weighted by Gasteiger charge is 2.46. The first-order valence-corrected chi connectivity index (χ1v) is 20.2. The van der Waals surface area contributed by atoms with E-state index in [0.29, 0.717) is 5.82 Å². The van der Waals surface area contributed by atoms with Crippen LogP contribution in [0, 0.1) is 0 Å². The second-order valence-corrected chi connectivity index (χ2v) is 16.1. The topological polar surface area (TPSA) is 25.8 Å². The first-order valence-electron chi connectivity index (χ1n) is 20.2. The quantitative estimate of drug-likeness (QED) is 0.170. The van der Waals surface area contributed by atoms with Crippen molar-refractivity contribution >= 4 is 0 Å². The van der Waals surface area contributed by atoms with Crippen molar-refractivity contribution in [2.45, 2.75) is 24.7 Å². The fraction of sp³-hybridized carbons (Fsp3) is 0.0714. The van der Waals surface area contributed by atoms with E-state index >= 15 is 0 Å². The molecule has 0 unspecified atom stereocenters. The Bertz CT molecular complexity index is 2910. The molecule has 8 aromatic carbocycles. The standard InChI is InChI=1S/C56H40N2/c1-55(2)48-29-17-15-27-42(48)44-32-31-39(33-50(44)55)45-35-51-46(43-28-16-18-30-49(43)56(51,40-23-11-5-12-24-40)41-25-13-6-14-26-41)34-47(45)53-36-52(37-19-7-3-8-20-37)57-54(58-53)38-21-9-4-10-22-38/h3-36H,1-2H3. The summed E-state index contributed by atoms with van der Waals surface area (Å²) in [6.45, 7) is 4.72. The van der Waals surface area contributed by atoms with Gasteiger partial charge in [-0.25, -0.2) is 9.97 Å². The lowest BCUT2D eigenvalue weighted by Gasteiger charge is -2.34. The Labute approximate surface area is 340 Å². The fourth-order valence-corrected chi connectivity index (χ4v) is 9.87.